The molecule has 0 aliphatic heterocycles. The average Bonchev–Trinajstić information content (AvgIpc) is 2.83. The van der Waals surface area contributed by atoms with Gasteiger partial charge in [0, 0.05) is 34.8 Å². The second kappa shape index (κ2) is 10.3. The lowest BCUT2D eigenvalue weighted by molar-refractivity contribution is -0.116. The monoisotopic (exact) mass is 447 g/mol. The van der Waals surface area contributed by atoms with E-state index in [1.54, 1.807) is 46.1 Å². The average molecular weight is 448 g/mol. The topological polar surface area (TPSA) is 92.7 Å². The van der Waals surface area contributed by atoms with Crippen molar-refractivity contribution >= 4 is 17.5 Å². The molecule has 0 bridgehead atoms. The van der Waals surface area contributed by atoms with E-state index in [1.165, 1.54) is 6.07 Å². The molecule has 0 saturated heterocycles. The van der Waals surface area contributed by atoms with Gasteiger partial charge < -0.3 is 15.2 Å². The first-order chi connectivity index (χ1) is 15.8. The highest BCUT2D eigenvalue weighted by Gasteiger charge is 2.33. The Kier molecular flexibility index (Phi) is 7.48. The highest BCUT2D eigenvalue weighted by atomic mass is 16.5. The molecule has 33 heavy (non-hydrogen) atoms. The minimum absolute atomic E-state index is 0.0733. The third-order valence-electron chi connectivity index (χ3n) is 6.20. The van der Waals surface area contributed by atoms with Gasteiger partial charge in [-0.2, -0.15) is 0 Å². The predicted molar refractivity (Wildman–Crippen MR) is 126 cm³/mol. The quantitative estimate of drug-likeness (QED) is 0.459. The van der Waals surface area contributed by atoms with Crippen LogP contribution in [0.15, 0.2) is 70.8 Å². The third-order valence-corrected chi connectivity index (χ3v) is 6.20. The van der Waals surface area contributed by atoms with Gasteiger partial charge in [-0.1, -0.05) is 24.3 Å². The summed E-state index contributed by atoms with van der Waals surface area (Å²) in [6.07, 6.45) is 1.14. The maximum absolute atomic E-state index is 13.2. The number of allylic oxidation sites excluding steroid dienone is 4. The molecule has 0 fully saturated rings. The van der Waals surface area contributed by atoms with Crippen LogP contribution in [-0.4, -0.2) is 36.2 Å². The summed E-state index contributed by atoms with van der Waals surface area (Å²) >= 11 is 0. The van der Waals surface area contributed by atoms with Crippen LogP contribution in [-0.2, 0) is 9.59 Å². The Morgan fingerprint density at radius 3 is 2.21 bits per heavy atom. The Balaban J connectivity index is 1.81. The first kappa shape index (κ1) is 24.0. The summed E-state index contributed by atoms with van der Waals surface area (Å²) in [5.41, 5.74) is 3.08. The van der Waals surface area contributed by atoms with E-state index in [9.17, 15) is 19.5 Å². The van der Waals surface area contributed by atoms with Crippen LogP contribution in [0.4, 0.5) is 0 Å². The van der Waals surface area contributed by atoms with E-state index in [2.05, 4.69) is 5.32 Å². The molecule has 6 heteroatoms. The van der Waals surface area contributed by atoms with Crippen molar-refractivity contribution in [2.75, 3.05) is 13.7 Å². The number of hydrogen-bond acceptors (Lipinski definition) is 5. The van der Waals surface area contributed by atoms with E-state index in [4.69, 9.17) is 4.74 Å². The molecule has 0 saturated carbocycles. The number of carbonyl (C=O) groups excluding carboxylic acids is 3. The van der Waals surface area contributed by atoms with Gasteiger partial charge in [0.05, 0.1) is 12.7 Å². The fraction of sp³-hybridized carbons (Fsp3) is 0.296. The van der Waals surface area contributed by atoms with Crippen molar-refractivity contribution in [3.05, 3.63) is 82.0 Å². The molecule has 1 atom stereocenters. The number of Topliss-reactive ketones (excluding diaryl/α,β-unsaturated/α-hetero) is 2. The molecule has 172 valence electrons. The number of ketones is 2. The number of amides is 1. The molecule has 2 aromatic rings. The summed E-state index contributed by atoms with van der Waals surface area (Å²) in [5.74, 6) is -0.232. The SMILES string of the molecule is COc1ccc(C(CCCNC(=O)c2ccccc2O)C2=C(C)C(=O)C(C)=C(C)C2=O)cc1. The Labute approximate surface area is 194 Å². The summed E-state index contributed by atoms with van der Waals surface area (Å²) in [6.45, 7) is 5.45. The van der Waals surface area contributed by atoms with Crippen LogP contribution in [0.2, 0.25) is 0 Å². The van der Waals surface area contributed by atoms with E-state index >= 15 is 0 Å². The number of para-hydroxylation sites is 1. The van der Waals surface area contributed by atoms with Crippen molar-refractivity contribution in [2.45, 2.75) is 39.5 Å². The molecule has 2 N–H and O–H groups in total. The van der Waals surface area contributed by atoms with E-state index in [0.717, 1.165) is 5.56 Å². The van der Waals surface area contributed by atoms with E-state index in [1.807, 2.05) is 24.3 Å². The van der Waals surface area contributed by atoms with Gasteiger partial charge in [0.2, 0.25) is 0 Å². The number of carbonyl (C=O) groups is 3. The molecule has 1 unspecified atom stereocenters. The van der Waals surface area contributed by atoms with Gasteiger partial charge in [0.25, 0.3) is 5.91 Å². The van der Waals surface area contributed by atoms with Crippen molar-refractivity contribution in [3.8, 4) is 11.5 Å². The van der Waals surface area contributed by atoms with Crippen molar-refractivity contribution in [1.82, 2.24) is 5.32 Å². The number of ether oxygens (including phenoxy) is 1. The summed E-state index contributed by atoms with van der Waals surface area (Å²) in [4.78, 5) is 38.3. The first-order valence-electron chi connectivity index (χ1n) is 10.9. The third kappa shape index (κ3) is 5.06. The van der Waals surface area contributed by atoms with Gasteiger partial charge in [-0.25, -0.2) is 0 Å². The molecule has 2 aromatic carbocycles. The van der Waals surface area contributed by atoms with Crippen molar-refractivity contribution in [2.24, 2.45) is 0 Å². The molecular formula is C27H29NO5. The molecule has 0 spiro atoms. The number of hydrogen-bond donors (Lipinski definition) is 2. The van der Waals surface area contributed by atoms with Crippen molar-refractivity contribution < 1.29 is 24.2 Å². The molecule has 6 nitrogen and oxygen atoms in total. The zero-order valence-corrected chi connectivity index (χ0v) is 19.4. The number of phenols is 1. The number of phenolic OH excluding ortho intramolecular Hbond substituents is 1. The fourth-order valence-corrected chi connectivity index (χ4v) is 4.12. The van der Waals surface area contributed by atoms with Crippen LogP contribution < -0.4 is 10.1 Å². The number of aromatic hydroxyl groups is 1. The summed E-state index contributed by atoms with van der Waals surface area (Å²) in [5, 5.41) is 12.7. The van der Waals surface area contributed by atoms with Crippen LogP contribution in [0.25, 0.3) is 0 Å². The van der Waals surface area contributed by atoms with Crippen molar-refractivity contribution in [1.29, 1.82) is 0 Å². The van der Waals surface area contributed by atoms with Gasteiger partial charge in [0.1, 0.15) is 11.5 Å². The molecule has 1 amide bonds. The van der Waals surface area contributed by atoms with E-state index in [-0.39, 0.29) is 34.7 Å². The lowest BCUT2D eigenvalue weighted by Crippen LogP contribution is -2.27. The summed E-state index contributed by atoms with van der Waals surface area (Å²) < 4.78 is 5.25. The standard InChI is InChI=1S/C27H29NO5/c1-16-17(2)26(31)24(18(3)25(16)30)21(19-11-13-20(33-4)14-12-19)9-7-15-28-27(32)22-8-5-6-10-23(22)29/h5-6,8,10-14,21,29H,7,9,15H2,1-4H3,(H,28,32). The van der Waals surface area contributed by atoms with Gasteiger partial charge >= 0.3 is 0 Å². The maximum atomic E-state index is 13.2. The van der Waals surface area contributed by atoms with Gasteiger partial charge in [0.15, 0.2) is 11.6 Å². The lowest BCUT2D eigenvalue weighted by Gasteiger charge is -2.26. The Bertz CT molecular complexity index is 1140. The minimum atomic E-state index is -0.359. The van der Waals surface area contributed by atoms with Crippen LogP contribution in [0, 0.1) is 0 Å². The first-order valence-corrected chi connectivity index (χ1v) is 10.9. The van der Waals surface area contributed by atoms with Gasteiger partial charge in [-0.15, -0.1) is 0 Å². The second-order valence-electron chi connectivity index (χ2n) is 8.19. The van der Waals surface area contributed by atoms with E-state index in [0.29, 0.717) is 47.4 Å². The fourth-order valence-electron chi connectivity index (χ4n) is 4.12. The zero-order chi connectivity index (χ0) is 24.1. The maximum Gasteiger partial charge on any atom is 0.255 e. The van der Waals surface area contributed by atoms with Crippen LogP contribution >= 0.6 is 0 Å². The second-order valence-corrected chi connectivity index (χ2v) is 8.19. The molecule has 0 aromatic heterocycles. The Morgan fingerprint density at radius 2 is 1.58 bits per heavy atom. The zero-order valence-electron chi connectivity index (χ0n) is 19.4. The largest absolute Gasteiger partial charge is 0.507 e. The molecular weight excluding hydrogens is 418 g/mol. The van der Waals surface area contributed by atoms with Crippen LogP contribution in [0.5, 0.6) is 11.5 Å². The Hall–Kier alpha value is -3.67. The van der Waals surface area contributed by atoms with Crippen LogP contribution in [0.1, 0.15) is 55.5 Å². The molecule has 0 radical (unpaired) electrons. The normalized spacial score (nSPS) is 15.0. The molecule has 3 rings (SSSR count). The molecule has 1 aliphatic carbocycles. The summed E-state index contributed by atoms with van der Waals surface area (Å²) in [6, 6.07) is 13.8. The molecule has 1 aliphatic rings. The number of rotatable bonds is 8. The highest BCUT2D eigenvalue weighted by Crippen LogP contribution is 2.37. The number of benzene rings is 2. The van der Waals surface area contributed by atoms with Gasteiger partial charge in [-0.3, -0.25) is 14.4 Å². The minimum Gasteiger partial charge on any atom is -0.507 e. The molecule has 0 heterocycles. The smallest absolute Gasteiger partial charge is 0.255 e. The highest BCUT2D eigenvalue weighted by molar-refractivity contribution is 6.25. The lowest BCUT2D eigenvalue weighted by atomic mass is 9.76. The van der Waals surface area contributed by atoms with Crippen molar-refractivity contribution in [3.63, 3.8) is 0 Å². The number of nitrogens with one attached hydrogen (secondary N) is 1. The van der Waals surface area contributed by atoms with E-state index < -0.39 is 0 Å². The Morgan fingerprint density at radius 1 is 0.939 bits per heavy atom. The summed E-state index contributed by atoms with van der Waals surface area (Å²) in [7, 11) is 1.59. The van der Waals surface area contributed by atoms with Crippen LogP contribution in [0.3, 0.4) is 0 Å². The predicted octanol–water partition coefficient (Wildman–Crippen LogP) is 4.50. The number of methoxy groups -OCH3 is 1. The van der Waals surface area contributed by atoms with Gasteiger partial charge in [-0.05, 0) is 63.4 Å².